The Kier molecular flexibility index (Phi) is 5.57. The van der Waals surface area contributed by atoms with Crippen LogP contribution >= 0.6 is 0 Å². The van der Waals surface area contributed by atoms with Gasteiger partial charge >= 0.3 is 0 Å². The van der Waals surface area contributed by atoms with Gasteiger partial charge in [0.25, 0.3) is 0 Å². The molecule has 2 N–H and O–H groups in total. The molecular weight excluding hydrogens is 310 g/mol. The molecule has 23 heavy (non-hydrogen) atoms. The minimum Gasteiger partial charge on any atom is -0.388 e. The number of aryl methyl sites for hydroxylation is 2. The SMILES string of the molecule is Cc1ccc(S(=O)(=O)N[C@@H](C)C[C@H](O)c2ccccc2)c(C)c1. The van der Waals surface area contributed by atoms with Crippen LogP contribution < -0.4 is 4.72 Å². The van der Waals surface area contributed by atoms with E-state index in [1.807, 2.05) is 43.3 Å². The predicted molar refractivity (Wildman–Crippen MR) is 91.7 cm³/mol. The maximum absolute atomic E-state index is 12.5. The van der Waals surface area contributed by atoms with E-state index in [4.69, 9.17) is 0 Å². The minimum absolute atomic E-state index is 0.282. The fourth-order valence-electron chi connectivity index (χ4n) is 2.62. The van der Waals surface area contributed by atoms with Crippen molar-refractivity contribution in [2.75, 3.05) is 0 Å². The highest BCUT2D eigenvalue weighted by atomic mass is 32.2. The van der Waals surface area contributed by atoms with Gasteiger partial charge in [-0.3, -0.25) is 0 Å². The first-order valence-electron chi connectivity index (χ1n) is 7.62. The molecule has 0 radical (unpaired) electrons. The molecule has 0 amide bonds. The summed E-state index contributed by atoms with van der Waals surface area (Å²) in [5.41, 5.74) is 2.52. The van der Waals surface area contributed by atoms with Crippen LogP contribution in [0.2, 0.25) is 0 Å². The Bertz CT molecular complexity index is 757. The topological polar surface area (TPSA) is 66.4 Å². The largest absolute Gasteiger partial charge is 0.388 e. The highest BCUT2D eigenvalue weighted by Gasteiger charge is 2.21. The average molecular weight is 333 g/mol. The van der Waals surface area contributed by atoms with E-state index >= 15 is 0 Å². The average Bonchev–Trinajstić information content (AvgIpc) is 2.46. The number of hydrogen-bond donors (Lipinski definition) is 2. The summed E-state index contributed by atoms with van der Waals surface area (Å²) in [7, 11) is -3.60. The molecular formula is C18H23NO3S. The van der Waals surface area contributed by atoms with Crippen molar-refractivity contribution in [3.63, 3.8) is 0 Å². The molecule has 4 nitrogen and oxygen atoms in total. The molecule has 2 rings (SSSR count). The van der Waals surface area contributed by atoms with Crippen LogP contribution in [0.5, 0.6) is 0 Å². The minimum atomic E-state index is -3.60. The third kappa shape index (κ3) is 4.64. The molecule has 124 valence electrons. The molecule has 2 aromatic rings. The van der Waals surface area contributed by atoms with Crippen molar-refractivity contribution in [2.45, 2.75) is 44.2 Å². The Labute approximate surface area is 138 Å². The summed E-state index contributed by atoms with van der Waals surface area (Å²) in [4.78, 5) is 0.282. The Hall–Kier alpha value is -1.69. The summed E-state index contributed by atoms with van der Waals surface area (Å²) < 4.78 is 27.6. The monoisotopic (exact) mass is 333 g/mol. The van der Waals surface area contributed by atoms with Gasteiger partial charge in [0.05, 0.1) is 11.0 Å². The zero-order valence-corrected chi connectivity index (χ0v) is 14.5. The first kappa shape index (κ1) is 17.7. The Morgan fingerprint density at radius 1 is 1.09 bits per heavy atom. The van der Waals surface area contributed by atoms with Crippen LogP contribution in [0, 0.1) is 13.8 Å². The van der Waals surface area contributed by atoms with Crippen molar-refractivity contribution in [1.29, 1.82) is 0 Å². The van der Waals surface area contributed by atoms with Crippen molar-refractivity contribution in [3.05, 3.63) is 65.2 Å². The van der Waals surface area contributed by atoms with Crippen LogP contribution in [0.25, 0.3) is 0 Å². The Morgan fingerprint density at radius 2 is 1.74 bits per heavy atom. The third-order valence-corrected chi connectivity index (χ3v) is 5.49. The molecule has 0 heterocycles. The molecule has 0 fully saturated rings. The molecule has 2 atom stereocenters. The van der Waals surface area contributed by atoms with Crippen LogP contribution in [0.3, 0.4) is 0 Å². The zero-order valence-electron chi connectivity index (χ0n) is 13.7. The van der Waals surface area contributed by atoms with E-state index in [2.05, 4.69) is 4.72 Å². The van der Waals surface area contributed by atoms with E-state index in [1.54, 1.807) is 26.0 Å². The normalized spacial score (nSPS) is 14.4. The number of aliphatic hydroxyl groups excluding tert-OH is 1. The number of rotatable bonds is 6. The smallest absolute Gasteiger partial charge is 0.241 e. The number of aliphatic hydroxyl groups is 1. The summed E-state index contributed by atoms with van der Waals surface area (Å²) in [5.74, 6) is 0. The van der Waals surface area contributed by atoms with Gasteiger partial charge < -0.3 is 5.11 Å². The second-order valence-electron chi connectivity index (χ2n) is 5.95. The highest BCUT2D eigenvalue weighted by molar-refractivity contribution is 7.89. The number of benzene rings is 2. The van der Waals surface area contributed by atoms with Gasteiger partial charge in [0, 0.05) is 6.04 Å². The molecule has 0 unspecified atom stereocenters. The summed E-state index contributed by atoms with van der Waals surface area (Å²) in [6, 6.07) is 14.1. The van der Waals surface area contributed by atoms with Gasteiger partial charge in [-0.2, -0.15) is 0 Å². The molecule has 0 bridgehead atoms. The van der Waals surface area contributed by atoms with Crippen molar-refractivity contribution >= 4 is 10.0 Å². The van der Waals surface area contributed by atoms with E-state index in [-0.39, 0.29) is 10.9 Å². The summed E-state index contributed by atoms with van der Waals surface area (Å²) in [6.07, 6.45) is -0.387. The Morgan fingerprint density at radius 3 is 2.35 bits per heavy atom. The highest BCUT2D eigenvalue weighted by Crippen LogP contribution is 2.20. The fourth-order valence-corrected chi connectivity index (χ4v) is 4.11. The van der Waals surface area contributed by atoms with Crippen molar-refractivity contribution < 1.29 is 13.5 Å². The molecule has 0 aliphatic rings. The second-order valence-corrected chi connectivity index (χ2v) is 7.64. The molecule has 0 aliphatic heterocycles. The van der Waals surface area contributed by atoms with E-state index in [0.29, 0.717) is 12.0 Å². The molecule has 0 saturated heterocycles. The number of hydrogen-bond acceptors (Lipinski definition) is 3. The lowest BCUT2D eigenvalue weighted by molar-refractivity contribution is 0.158. The summed E-state index contributed by atoms with van der Waals surface area (Å²) >= 11 is 0. The lowest BCUT2D eigenvalue weighted by Crippen LogP contribution is -2.34. The van der Waals surface area contributed by atoms with Crippen molar-refractivity contribution in [1.82, 2.24) is 4.72 Å². The van der Waals surface area contributed by atoms with E-state index in [0.717, 1.165) is 11.1 Å². The van der Waals surface area contributed by atoms with Crippen LogP contribution in [0.1, 0.15) is 36.1 Å². The fraction of sp³-hybridized carbons (Fsp3) is 0.333. The maximum Gasteiger partial charge on any atom is 0.241 e. The molecule has 0 aliphatic carbocycles. The van der Waals surface area contributed by atoms with Gasteiger partial charge in [0.1, 0.15) is 0 Å². The summed E-state index contributed by atoms with van der Waals surface area (Å²) in [5, 5.41) is 10.2. The van der Waals surface area contributed by atoms with Gasteiger partial charge in [-0.15, -0.1) is 0 Å². The third-order valence-electron chi connectivity index (χ3n) is 3.74. The molecule has 5 heteroatoms. The first-order chi connectivity index (χ1) is 10.8. The maximum atomic E-state index is 12.5. The zero-order chi connectivity index (χ0) is 17.0. The lowest BCUT2D eigenvalue weighted by atomic mass is 10.0. The predicted octanol–water partition coefficient (Wildman–Crippen LogP) is 3.09. The Balaban J connectivity index is 2.08. The van der Waals surface area contributed by atoms with Crippen LogP contribution in [0.4, 0.5) is 0 Å². The van der Waals surface area contributed by atoms with Crippen molar-refractivity contribution in [2.24, 2.45) is 0 Å². The quantitative estimate of drug-likeness (QED) is 0.854. The van der Waals surface area contributed by atoms with Gasteiger partial charge in [0.2, 0.25) is 10.0 Å². The molecule has 2 aromatic carbocycles. The lowest BCUT2D eigenvalue weighted by Gasteiger charge is -2.19. The standard InChI is InChI=1S/C18H23NO3S/c1-13-9-10-18(14(2)11-13)23(21,22)19-15(3)12-17(20)16-7-5-4-6-8-16/h4-11,15,17,19-20H,12H2,1-3H3/t15-,17-/m0/s1. The molecule has 0 saturated carbocycles. The first-order valence-corrected chi connectivity index (χ1v) is 9.10. The van der Waals surface area contributed by atoms with E-state index < -0.39 is 16.1 Å². The van der Waals surface area contributed by atoms with Crippen LogP contribution in [0.15, 0.2) is 53.4 Å². The van der Waals surface area contributed by atoms with Crippen molar-refractivity contribution in [3.8, 4) is 0 Å². The van der Waals surface area contributed by atoms with Gasteiger partial charge in [-0.25, -0.2) is 13.1 Å². The molecule has 0 spiro atoms. The molecule has 0 aromatic heterocycles. The summed E-state index contributed by atoms with van der Waals surface area (Å²) in [6.45, 7) is 5.47. The van der Waals surface area contributed by atoms with Gasteiger partial charge in [0.15, 0.2) is 0 Å². The second kappa shape index (κ2) is 7.25. The van der Waals surface area contributed by atoms with Crippen LogP contribution in [-0.4, -0.2) is 19.6 Å². The van der Waals surface area contributed by atoms with Gasteiger partial charge in [-0.05, 0) is 44.4 Å². The van der Waals surface area contributed by atoms with E-state index in [1.165, 1.54) is 0 Å². The number of nitrogens with one attached hydrogen (secondary N) is 1. The number of sulfonamides is 1. The van der Waals surface area contributed by atoms with E-state index in [9.17, 15) is 13.5 Å². The van der Waals surface area contributed by atoms with Gasteiger partial charge in [-0.1, -0.05) is 48.0 Å². The van der Waals surface area contributed by atoms with Crippen LogP contribution in [-0.2, 0) is 10.0 Å².